The molecule has 0 atom stereocenters. The van der Waals surface area contributed by atoms with Gasteiger partial charge in [-0.3, -0.25) is 9.59 Å². The third-order valence-corrected chi connectivity index (χ3v) is 4.75. The van der Waals surface area contributed by atoms with Crippen LogP contribution in [0, 0.1) is 5.41 Å². The van der Waals surface area contributed by atoms with Crippen LogP contribution >= 0.6 is 11.3 Å². The minimum Gasteiger partial charge on any atom is -0.326 e. The van der Waals surface area contributed by atoms with Gasteiger partial charge in [0.2, 0.25) is 5.91 Å². The van der Waals surface area contributed by atoms with Gasteiger partial charge in [-0.15, -0.1) is 11.3 Å². The van der Waals surface area contributed by atoms with E-state index < -0.39 is 5.41 Å². The van der Waals surface area contributed by atoms with Gasteiger partial charge in [-0.25, -0.2) is 0 Å². The Morgan fingerprint density at radius 1 is 1.22 bits per heavy atom. The van der Waals surface area contributed by atoms with Crippen molar-refractivity contribution in [1.82, 2.24) is 0 Å². The lowest BCUT2D eigenvalue weighted by Gasteiger charge is -2.19. The van der Waals surface area contributed by atoms with Gasteiger partial charge in [-0.2, -0.15) is 0 Å². The summed E-state index contributed by atoms with van der Waals surface area (Å²) in [4.78, 5) is 27.2. The van der Waals surface area contributed by atoms with Crippen molar-refractivity contribution in [1.29, 1.82) is 0 Å². The topological polar surface area (TPSA) is 49.4 Å². The molecule has 1 aliphatic heterocycles. The van der Waals surface area contributed by atoms with Gasteiger partial charge in [0.25, 0.3) is 5.91 Å². The molecule has 23 heavy (non-hydrogen) atoms. The number of benzene rings is 1. The van der Waals surface area contributed by atoms with Crippen molar-refractivity contribution >= 4 is 34.5 Å². The molecule has 4 nitrogen and oxygen atoms in total. The van der Waals surface area contributed by atoms with Gasteiger partial charge in [-0.1, -0.05) is 26.8 Å². The van der Waals surface area contributed by atoms with Crippen molar-refractivity contribution in [3.8, 4) is 0 Å². The molecule has 2 amide bonds. The molecule has 2 aromatic rings. The van der Waals surface area contributed by atoms with Crippen LogP contribution in [0.15, 0.2) is 35.7 Å². The number of amides is 2. The van der Waals surface area contributed by atoms with Crippen LogP contribution in [-0.2, 0) is 11.2 Å². The predicted molar refractivity (Wildman–Crippen MR) is 94.2 cm³/mol. The van der Waals surface area contributed by atoms with Crippen LogP contribution in [0.5, 0.6) is 0 Å². The van der Waals surface area contributed by atoms with E-state index in [1.54, 1.807) is 0 Å². The minimum atomic E-state index is -0.430. The molecule has 1 N–H and O–H groups in total. The number of carbonyl (C=O) groups excluding carboxylic acids is 2. The molecule has 120 valence electrons. The van der Waals surface area contributed by atoms with Gasteiger partial charge in [0.05, 0.1) is 4.88 Å². The smallest absolute Gasteiger partial charge is 0.268 e. The number of rotatable bonds is 2. The lowest BCUT2D eigenvalue weighted by atomic mass is 9.95. The van der Waals surface area contributed by atoms with Gasteiger partial charge < -0.3 is 10.2 Å². The Bertz CT molecular complexity index is 745. The molecule has 1 aromatic heterocycles. The molecule has 1 aromatic carbocycles. The van der Waals surface area contributed by atoms with Crippen molar-refractivity contribution in [3.63, 3.8) is 0 Å². The number of nitrogens with zero attached hydrogens (tertiary/aromatic N) is 1. The van der Waals surface area contributed by atoms with Crippen LogP contribution in [0.4, 0.5) is 11.4 Å². The summed E-state index contributed by atoms with van der Waals surface area (Å²) >= 11 is 1.46. The summed E-state index contributed by atoms with van der Waals surface area (Å²) in [6.45, 7) is 6.34. The molecule has 0 unspecified atom stereocenters. The number of anilines is 2. The van der Waals surface area contributed by atoms with Crippen molar-refractivity contribution in [2.45, 2.75) is 27.2 Å². The molecule has 0 saturated carbocycles. The maximum absolute atomic E-state index is 12.5. The SMILES string of the molecule is CC(C)(C)C(=O)Nc1ccc2c(c1)CCN2C(=O)c1cccs1. The second kappa shape index (κ2) is 5.81. The lowest BCUT2D eigenvalue weighted by Crippen LogP contribution is -2.28. The van der Waals surface area contributed by atoms with Crippen LogP contribution < -0.4 is 10.2 Å². The fourth-order valence-corrected chi connectivity index (χ4v) is 3.21. The molecule has 0 spiro atoms. The average molecular weight is 328 g/mol. The summed E-state index contributed by atoms with van der Waals surface area (Å²) in [7, 11) is 0. The zero-order valence-electron chi connectivity index (χ0n) is 13.6. The fraction of sp³-hybridized carbons (Fsp3) is 0.333. The standard InChI is InChI=1S/C18H20N2O2S/c1-18(2,3)17(22)19-13-6-7-14-12(11-13)8-9-20(14)16(21)15-5-4-10-23-15/h4-7,10-11H,8-9H2,1-3H3,(H,19,22). The Morgan fingerprint density at radius 2 is 2.00 bits per heavy atom. The molecule has 0 aliphatic carbocycles. The number of hydrogen-bond donors (Lipinski definition) is 1. The Hall–Kier alpha value is -2.14. The second-order valence-corrected chi connectivity index (χ2v) is 7.68. The zero-order valence-corrected chi connectivity index (χ0v) is 14.4. The van der Waals surface area contributed by atoms with Crippen LogP contribution in [-0.4, -0.2) is 18.4 Å². The molecule has 0 bridgehead atoms. The van der Waals surface area contributed by atoms with Crippen LogP contribution in [0.1, 0.15) is 36.0 Å². The summed E-state index contributed by atoms with van der Waals surface area (Å²) in [5, 5.41) is 4.85. The molecular weight excluding hydrogens is 308 g/mol. The molecule has 0 saturated heterocycles. The first kappa shape index (κ1) is 15.7. The van der Waals surface area contributed by atoms with E-state index in [1.165, 1.54) is 11.3 Å². The fourth-order valence-electron chi connectivity index (χ4n) is 2.54. The maximum Gasteiger partial charge on any atom is 0.268 e. The first-order valence-corrected chi connectivity index (χ1v) is 8.54. The van der Waals surface area contributed by atoms with E-state index in [9.17, 15) is 9.59 Å². The monoisotopic (exact) mass is 328 g/mol. The minimum absolute atomic E-state index is 0.0121. The van der Waals surface area contributed by atoms with Gasteiger partial charge in [0.15, 0.2) is 0 Å². The predicted octanol–water partition coefficient (Wildman–Crippen LogP) is 3.94. The summed E-state index contributed by atoms with van der Waals surface area (Å²) in [5.41, 5.74) is 2.40. The third-order valence-electron chi connectivity index (χ3n) is 3.89. The highest BCUT2D eigenvalue weighted by Crippen LogP contribution is 2.32. The number of fused-ring (bicyclic) bond motifs is 1. The van der Waals surface area contributed by atoms with E-state index in [4.69, 9.17) is 0 Å². The highest BCUT2D eigenvalue weighted by atomic mass is 32.1. The largest absolute Gasteiger partial charge is 0.326 e. The third kappa shape index (κ3) is 3.15. The Balaban J connectivity index is 1.81. The maximum atomic E-state index is 12.5. The van der Waals surface area contributed by atoms with Crippen molar-refractivity contribution in [2.24, 2.45) is 5.41 Å². The Labute approximate surface area is 140 Å². The first-order chi connectivity index (χ1) is 10.9. The first-order valence-electron chi connectivity index (χ1n) is 7.66. The van der Waals surface area contributed by atoms with Gasteiger partial charge in [0, 0.05) is 23.3 Å². The van der Waals surface area contributed by atoms with Crippen LogP contribution in [0.2, 0.25) is 0 Å². The van der Waals surface area contributed by atoms with Crippen LogP contribution in [0.25, 0.3) is 0 Å². The lowest BCUT2D eigenvalue weighted by molar-refractivity contribution is -0.123. The van der Waals surface area contributed by atoms with Crippen molar-refractivity contribution in [3.05, 3.63) is 46.2 Å². The van der Waals surface area contributed by atoms with Crippen molar-refractivity contribution in [2.75, 3.05) is 16.8 Å². The van der Waals surface area contributed by atoms with E-state index in [1.807, 2.05) is 61.4 Å². The zero-order chi connectivity index (χ0) is 16.6. The van der Waals surface area contributed by atoms with E-state index in [2.05, 4.69) is 5.32 Å². The summed E-state index contributed by atoms with van der Waals surface area (Å²) in [5.74, 6) is 0.0344. The molecule has 2 heterocycles. The van der Waals surface area contributed by atoms with E-state index in [-0.39, 0.29) is 11.8 Å². The Morgan fingerprint density at radius 3 is 2.65 bits per heavy atom. The molecule has 1 aliphatic rings. The van der Waals surface area contributed by atoms with Gasteiger partial charge >= 0.3 is 0 Å². The highest BCUT2D eigenvalue weighted by Gasteiger charge is 2.27. The normalized spacial score (nSPS) is 13.8. The number of nitrogens with one attached hydrogen (secondary N) is 1. The van der Waals surface area contributed by atoms with E-state index in [0.29, 0.717) is 6.54 Å². The number of hydrogen-bond acceptors (Lipinski definition) is 3. The molecular formula is C18H20N2O2S. The second-order valence-electron chi connectivity index (χ2n) is 6.73. The summed E-state index contributed by atoms with van der Waals surface area (Å²) in [6, 6.07) is 9.50. The van der Waals surface area contributed by atoms with Gasteiger partial charge in [-0.05, 0) is 41.6 Å². The molecule has 0 radical (unpaired) electrons. The molecule has 0 fully saturated rings. The number of carbonyl (C=O) groups is 2. The van der Waals surface area contributed by atoms with E-state index >= 15 is 0 Å². The van der Waals surface area contributed by atoms with Crippen LogP contribution in [0.3, 0.4) is 0 Å². The molecule has 3 rings (SSSR count). The Kier molecular flexibility index (Phi) is 3.98. The van der Waals surface area contributed by atoms with Gasteiger partial charge in [0.1, 0.15) is 0 Å². The number of thiophene rings is 1. The quantitative estimate of drug-likeness (QED) is 0.908. The summed E-state index contributed by atoms with van der Waals surface area (Å²) < 4.78 is 0. The van der Waals surface area contributed by atoms with E-state index in [0.717, 1.165) is 28.2 Å². The average Bonchev–Trinajstić information content (AvgIpc) is 3.15. The van der Waals surface area contributed by atoms with Crippen molar-refractivity contribution < 1.29 is 9.59 Å². The summed E-state index contributed by atoms with van der Waals surface area (Å²) in [6.07, 6.45) is 0.811. The molecule has 5 heteroatoms. The highest BCUT2D eigenvalue weighted by molar-refractivity contribution is 7.12.